The molecule has 2 unspecified atom stereocenters. The molecule has 0 radical (unpaired) electrons. The van der Waals surface area contributed by atoms with E-state index < -0.39 is 0 Å². The Morgan fingerprint density at radius 3 is 2.72 bits per heavy atom. The SMILES string of the molecule is COc1ccc(CNC(C)C(CO)SC)c(F)c1. The smallest absolute Gasteiger partial charge is 0.131 e. The van der Waals surface area contributed by atoms with Crippen LogP contribution in [0.2, 0.25) is 0 Å². The minimum Gasteiger partial charge on any atom is -0.497 e. The van der Waals surface area contributed by atoms with Crippen LogP contribution in [-0.4, -0.2) is 36.4 Å². The van der Waals surface area contributed by atoms with Crippen LogP contribution in [-0.2, 0) is 6.54 Å². The summed E-state index contributed by atoms with van der Waals surface area (Å²) in [5, 5.41) is 12.5. The molecule has 0 aliphatic rings. The van der Waals surface area contributed by atoms with Crippen molar-refractivity contribution < 1.29 is 14.2 Å². The van der Waals surface area contributed by atoms with Gasteiger partial charge in [-0.15, -0.1) is 0 Å². The Labute approximate surface area is 112 Å². The zero-order valence-electron chi connectivity index (χ0n) is 10.9. The zero-order valence-corrected chi connectivity index (χ0v) is 11.8. The van der Waals surface area contributed by atoms with Crippen LogP contribution in [0.3, 0.4) is 0 Å². The maximum atomic E-state index is 13.7. The minimum absolute atomic E-state index is 0.112. The average molecular weight is 273 g/mol. The molecule has 0 saturated heterocycles. The predicted molar refractivity (Wildman–Crippen MR) is 73.6 cm³/mol. The number of halogens is 1. The molecule has 0 aromatic heterocycles. The van der Waals surface area contributed by atoms with Crippen molar-refractivity contribution in [1.29, 1.82) is 0 Å². The molecule has 1 rings (SSSR count). The highest BCUT2D eigenvalue weighted by molar-refractivity contribution is 7.99. The molecule has 3 nitrogen and oxygen atoms in total. The number of thioether (sulfide) groups is 1. The van der Waals surface area contributed by atoms with Crippen molar-refractivity contribution in [2.75, 3.05) is 20.0 Å². The van der Waals surface area contributed by atoms with E-state index in [2.05, 4.69) is 5.32 Å². The van der Waals surface area contributed by atoms with Crippen molar-refractivity contribution in [3.05, 3.63) is 29.6 Å². The van der Waals surface area contributed by atoms with Gasteiger partial charge in [-0.25, -0.2) is 4.39 Å². The molecule has 5 heteroatoms. The van der Waals surface area contributed by atoms with Crippen LogP contribution in [0.15, 0.2) is 18.2 Å². The fraction of sp³-hybridized carbons (Fsp3) is 0.538. The van der Waals surface area contributed by atoms with Gasteiger partial charge in [0.2, 0.25) is 0 Å². The third-order valence-corrected chi connectivity index (χ3v) is 4.08. The summed E-state index contributed by atoms with van der Waals surface area (Å²) >= 11 is 1.60. The van der Waals surface area contributed by atoms with E-state index >= 15 is 0 Å². The Balaban J connectivity index is 2.58. The van der Waals surface area contributed by atoms with Gasteiger partial charge in [0.05, 0.1) is 13.7 Å². The molecule has 0 spiro atoms. The number of hydrogen-bond acceptors (Lipinski definition) is 4. The number of methoxy groups -OCH3 is 1. The van der Waals surface area contributed by atoms with Gasteiger partial charge in [-0.1, -0.05) is 6.07 Å². The van der Waals surface area contributed by atoms with E-state index in [1.54, 1.807) is 23.9 Å². The molecule has 0 aliphatic heterocycles. The van der Waals surface area contributed by atoms with E-state index in [9.17, 15) is 4.39 Å². The molecule has 0 aliphatic carbocycles. The molecule has 102 valence electrons. The van der Waals surface area contributed by atoms with E-state index in [-0.39, 0.29) is 23.7 Å². The highest BCUT2D eigenvalue weighted by atomic mass is 32.2. The number of aliphatic hydroxyl groups is 1. The molecule has 0 fully saturated rings. The summed E-state index contributed by atoms with van der Waals surface area (Å²) in [6.45, 7) is 2.54. The monoisotopic (exact) mass is 273 g/mol. The Morgan fingerprint density at radius 2 is 2.22 bits per heavy atom. The maximum Gasteiger partial charge on any atom is 0.131 e. The van der Waals surface area contributed by atoms with Gasteiger partial charge in [0.25, 0.3) is 0 Å². The molecule has 0 bridgehead atoms. The lowest BCUT2D eigenvalue weighted by molar-refractivity contribution is 0.275. The minimum atomic E-state index is -0.279. The summed E-state index contributed by atoms with van der Waals surface area (Å²) in [7, 11) is 1.51. The second kappa shape index (κ2) is 7.61. The van der Waals surface area contributed by atoms with Gasteiger partial charge in [-0.3, -0.25) is 0 Å². The molecular weight excluding hydrogens is 253 g/mol. The van der Waals surface area contributed by atoms with Crippen molar-refractivity contribution in [2.24, 2.45) is 0 Å². The average Bonchev–Trinajstić information content (AvgIpc) is 2.38. The Kier molecular flexibility index (Phi) is 6.46. The van der Waals surface area contributed by atoms with E-state index in [1.165, 1.54) is 13.2 Å². The summed E-state index contributed by atoms with van der Waals surface area (Å²) < 4.78 is 18.6. The van der Waals surface area contributed by atoms with Crippen LogP contribution in [0.4, 0.5) is 4.39 Å². The van der Waals surface area contributed by atoms with Gasteiger partial charge in [0.1, 0.15) is 11.6 Å². The highest BCUT2D eigenvalue weighted by Gasteiger charge is 2.15. The van der Waals surface area contributed by atoms with Crippen molar-refractivity contribution in [3.8, 4) is 5.75 Å². The van der Waals surface area contributed by atoms with Gasteiger partial charge in [0.15, 0.2) is 0 Å². The Bertz CT molecular complexity index is 372. The topological polar surface area (TPSA) is 41.5 Å². The number of hydrogen-bond donors (Lipinski definition) is 2. The summed E-state index contributed by atoms with van der Waals surface area (Å²) in [5.74, 6) is 0.236. The first-order chi connectivity index (χ1) is 8.62. The molecule has 0 heterocycles. The molecule has 2 atom stereocenters. The molecule has 18 heavy (non-hydrogen) atoms. The first kappa shape index (κ1) is 15.3. The molecule has 1 aromatic rings. The second-order valence-corrected chi connectivity index (χ2v) is 5.16. The van der Waals surface area contributed by atoms with Crippen LogP contribution in [0.1, 0.15) is 12.5 Å². The van der Waals surface area contributed by atoms with E-state index in [0.29, 0.717) is 17.9 Å². The zero-order chi connectivity index (χ0) is 13.5. The molecule has 0 amide bonds. The van der Waals surface area contributed by atoms with E-state index in [0.717, 1.165) is 0 Å². The number of rotatable bonds is 7. The quantitative estimate of drug-likeness (QED) is 0.797. The number of ether oxygens (including phenoxy) is 1. The third-order valence-electron chi connectivity index (χ3n) is 2.92. The van der Waals surface area contributed by atoms with Crippen LogP contribution in [0.5, 0.6) is 5.75 Å². The number of benzene rings is 1. The molecule has 0 saturated carbocycles. The van der Waals surface area contributed by atoms with Gasteiger partial charge in [0, 0.05) is 29.5 Å². The molecular formula is C13H20FNO2S. The summed E-state index contributed by atoms with van der Waals surface area (Å²) in [6.07, 6.45) is 1.95. The van der Waals surface area contributed by atoms with Gasteiger partial charge in [-0.2, -0.15) is 11.8 Å². The highest BCUT2D eigenvalue weighted by Crippen LogP contribution is 2.17. The summed E-state index contributed by atoms with van der Waals surface area (Å²) in [6, 6.07) is 4.94. The van der Waals surface area contributed by atoms with Crippen LogP contribution in [0, 0.1) is 5.82 Å². The van der Waals surface area contributed by atoms with Crippen LogP contribution < -0.4 is 10.1 Å². The lowest BCUT2D eigenvalue weighted by atomic mass is 10.1. The molecule has 1 aromatic carbocycles. The maximum absolute atomic E-state index is 13.7. The number of aliphatic hydroxyl groups excluding tert-OH is 1. The van der Waals surface area contributed by atoms with Crippen LogP contribution >= 0.6 is 11.8 Å². The summed E-state index contributed by atoms with van der Waals surface area (Å²) in [4.78, 5) is 0. The van der Waals surface area contributed by atoms with Crippen molar-refractivity contribution in [3.63, 3.8) is 0 Å². The lowest BCUT2D eigenvalue weighted by Crippen LogP contribution is -2.37. The van der Waals surface area contributed by atoms with E-state index in [1.807, 2.05) is 13.2 Å². The van der Waals surface area contributed by atoms with E-state index in [4.69, 9.17) is 9.84 Å². The van der Waals surface area contributed by atoms with Gasteiger partial charge >= 0.3 is 0 Å². The van der Waals surface area contributed by atoms with Gasteiger partial charge < -0.3 is 15.2 Å². The standard InChI is InChI=1S/C13H20FNO2S/c1-9(13(8-16)18-3)15-7-10-4-5-11(17-2)6-12(10)14/h4-6,9,13,15-16H,7-8H2,1-3H3. The molecule has 2 N–H and O–H groups in total. The summed E-state index contributed by atoms with van der Waals surface area (Å²) in [5.41, 5.74) is 0.598. The normalized spacial score (nSPS) is 14.3. The first-order valence-corrected chi connectivity index (χ1v) is 7.10. The van der Waals surface area contributed by atoms with Crippen molar-refractivity contribution in [2.45, 2.75) is 24.8 Å². The first-order valence-electron chi connectivity index (χ1n) is 5.81. The Morgan fingerprint density at radius 1 is 1.50 bits per heavy atom. The van der Waals surface area contributed by atoms with Gasteiger partial charge in [-0.05, 0) is 19.2 Å². The Hall–Kier alpha value is -0.780. The lowest BCUT2D eigenvalue weighted by Gasteiger charge is -2.21. The second-order valence-electron chi connectivity index (χ2n) is 4.08. The fourth-order valence-corrected chi connectivity index (χ4v) is 2.29. The number of nitrogens with one attached hydrogen (secondary N) is 1. The predicted octanol–water partition coefficient (Wildman–Crippen LogP) is 2.04. The van der Waals surface area contributed by atoms with Crippen molar-refractivity contribution >= 4 is 11.8 Å². The van der Waals surface area contributed by atoms with Crippen LogP contribution in [0.25, 0.3) is 0 Å². The largest absolute Gasteiger partial charge is 0.497 e. The fourth-order valence-electron chi connectivity index (χ4n) is 1.64. The third kappa shape index (κ3) is 4.15. The van der Waals surface area contributed by atoms with Crippen molar-refractivity contribution in [1.82, 2.24) is 5.32 Å².